The molecule has 0 unspecified atom stereocenters. The van der Waals surface area contributed by atoms with E-state index in [4.69, 9.17) is 10.5 Å². The van der Waals surface area contributed by atoms with Crippen LogP contribution in [0.4, 0.5) is 11.9 Å². The van der Waals surface area contributed by atoms with E-state index in [1.54, 1.807) is 0 Å². The molecule has 1 aliphatic rings. The number of rotatable bonds is 7. The van der Waals surface area contributed by atoms with Crippen molar-refractivity contribution in [1.29, 1.82) is 0 Å². The summed E-state index contributed by atoms with van der Waals surface area (Å²) in [6.07, 6.45) is 2.62. The maximum absolute atomic E-state index is 5.59. The van der Waals surface area contributed by atoms with Gasteiger partial charge in [0.25, 0.3) is 0 Å². The van der Waals surface area contributed by atoms with Gasteiger partial charge in [0.2, 0.25) is 11.9 Å². The van der Waals surface area contributed by atoms with Crippen LogP contribution in [0.5, 0.6) is 6.01 Å². The monoisotopic (exact) mass is 252 g/mol. The molecule has 7 nitrogen and oxygen atoms in total. The molecule has 0 aromatic carbocycles. The predicted molar refractivity (Wildman–Crippen MR) is 69.6 cm³/mol. The molecule has 1 aromatic rings. The van der Waals surface area contributed by atoms with Crippen LogP contribution < -0.4 is 15.8 Å². The molecule has 0 saturated heterocycles. The quantitative estimate of drug-likeness (QED) is 0.724. The molecule has 1 saturated carbocycles. The van der Waals surface area contributed by atoms with Crippen molar-refractivity contribution >= 4 is 11.9 Å². The van der Waals surface area contributed by atoms with Gasteiger partial charge in [-0.15, -0.1) is 0 Å². The first-order chi connectivity index (χ1) is 8.69. The maximum Gasteiger partial charge on any atom is 0.323 e. The van der Waals surface area contributed by atoms with Crippen molar-refractivity contribution in [3.05, 3.63) is 0 Å². The molecule has 1 aromatic heterocycles. The van der Waals surface area contributed by atoms with E-state index in [-0.39, 0.29) is 12.0 Å². The van der Waals surface area contributed by atoms with Gasteiger partial charge in [-0.25, -0.2) is 0 Å². The lowest BCUT2D eigenvalue weighted by Gasteiger charge is -2.15. The number of ether oxygens (including phenoxy) is 1. The molecule has 1 fully saturated rings. The van der Waals surface area contributed by atoms with Crippen molar-refractivity contribution in [2.24, 2.45) is 0 Å². The first-order valence-electron chi connectivity index (χ1n) is 6.27. The highest BCUT2D eigenvalue weighted by Crippen LogP contribution is 2.24. The van der Waals surface area contributed by atoms with Crippen molar-refractivity contribution in [1.82, 2.24) is 19.9 Å². The van der Waals surface area contributed by atoms with Crippen molar-refractivity contribution in [3.63, 3.8) is 0 Å². The Labute approximate surface area is 107 Å². The van der Waals surface area contributed by atoms with Gasteiger partial charge in [-0.2, -0.15) is 15.0 Å². The Morgan fingerprint density at radius 2 is 2.17 bits per heavy atom. The summed E-state index contributed by atoms with van der Waals surface area (Å²) in [6, 6.07) is 1.03. The lowest BCUT2D eigenvalue weighted by atomic mass is 10.5. The zero-order valence-corrected chi connectivity index (χ0v) is 10.9. The SMILES string of the molecule is CCOc1nc(N)nc(NCCN(C)C2CC2)n1. The van der Waals surface area contributed by atoms with E-state index in [1.165, 1.54) is 12.8 Å². The molecular weight excluding hydrogens is 232 g/mol. The smallest absolute Gasteiger partial charge is 0.323 e. The fraction of sp³-hybridized carbons (Fsp3) is 0.727. The summed E-state index contributed by atoms with van der Waals surface area (Å²) in [6.45, 7) is 4.12. The molecule has 1 heterocycles. The van der Waals surface area contributed by atoms with Gasteiger partial charge in [-0.1, -0.05) is 0 Å². The van der Waals surface area contributed by atoms with E-state index < -0.39 is 0 Å². The van der Waals surface area contributed by atoms with Crippen LogP contribution >= 0.6 is 0 Å². The average Bonchev–Trinajstić information content (AvgIpc) is 3.12. The van der Waals surface area contributed by atoms with Gasteiger partial charge in [0.1, 0.15) is 0 Å². The number of nitrogens with zero attached hydrogens (tertiary/aromatic N) is 4. The van der Waals surface area contributed by atoms with Crippen molar-refractivity contribution in [3.8, 4) is 6.01 Å². The van der Waals surface area contributed by atoms with E-state index in [0.29, 0.717) is 12.6 Å². The fourth-order valence-corrected chi connectivity index (χ4v) is 1.69. The van der Waals surface area contributed by atoms with Crippen LogP contribution in [-0.2, 0) is 0 Å². The lowest BCUT2D eigenvalue weighted by molar-refractivity contribution is 0.312. The lowest BCUT2D eigenvalue weighted by Crippen LogP contribution is -2.27. The number of aromatic nitrogens is 3. The molecular formula is C11H20N6O. The number of anilines is 2. The van der Waals surface area contributed by atoms with Crippen LogP contribution in [0.1, 0.15) is 19.8 Å². The molecule has 18 heavy (non-hydrogen) atoms. The average molecular weight is 252 g/mol. The Hall–Kier alpha value is -1.63. The largest absolute Gasteiger partial charge is 0.464 e. The Bertz CT molecular complexity index is 395. The van der Waals surface area contributed by atoms with E-state index in [2.05, 4.69) is 32.2 Å². The van der Waals surface area contributed by atoms with Gasteiger partial charge in [-0.3, -0.25) is 0 Å². The van der Waals surface area contributed by atoms with Crippen LogP contribution in [-0.4, -0.2) is 52.6 Å². The summed E-state index contributed by atoms with van der Waals surface area (Å²) in [4.78, 5) is 14.4. The zero-order chi connectivity index (χ0) is 13.0. The number of hydrogen-bond donors (Lipinski definition) is 2. The molecule has 100 valence electrons. The summed E-state index contributed by atoms with van der Waals surface area (Å²) in [5.41, 5.74) is 5.59. The molecule has 0 aliphatic heterocycles. The minimum Gasteiger partial charge on any atom is -0.464 e. The van der Waals surface area contributed by atoms with Gasteiger partial charge in [-0.05, 0) is 26.8 Å². The van der Waals surface area contributed by atoms with Gasteiger partial charge in [0.15, 0.2) is 0 Å². The third-order valence-electron chi connectivity index (χ3n) is 2.82. The molecule has 2 rings (SSSR count). The maximum atomic E-state index is 5.59. The van der Waals surface area contributed by atoms with Crippen LogP contribution in [0.3, 0.4) is 0 Å². The van der Waals surface area contributed by atoms with Crippen LogP contribution in [0.25, 0.3) is 0 Å². The minimum atomic E-state index is 0.173. The summed E-state index contributed by atoms with van der Waals surface area (Å²) in [7, 11) is 2.13. The Kier molecular flexibility index (Phi) is 4.14. The Morgan fingerprint density at radius 3 is 2.83 bits per heavy atom. The Balaban J connectivity index is 1.83. The molecule has 0 amide bonds. The topological polar surface area (TPSA) is 89.2 Å². The first-order valence-corrected chi connectivity index (χ1v) is 6.27. The predicted octanol–water partition coefficient (Wildman–Crippen LogP) is 0.359. The second-order valence-corrected chi connectivity index (χ2v) is 4.37. The second kappa shape index (κ2) is 5.81. The zero-order valence-electron chi connectivity index (χ0n) is 10.9. The summed E-state index contributed by atoms with van der Waals surface area (Å²) in [5, 5.41) is 3.13. The van der Waals surface area contributed by atoms with Crippen LogP contribution in [0, 0.1) is 0 Å². The number of nitrogen functional groups attached to an aromatic ring is 1. The van der Waals surface area contributed by atoms with Crippen molar-refractivity contribution in [2.75, 3.05) is 37.8 Å². The molecule has 0 radical (unpaired) electrons. The molecule has 3 N–H and O–H groups in total. The number of hydrogen-bond acceptors (Lipinski definition) is 7. The van der Waals surface area contributed by atoms with Gasteiger partial charge >= 0.3 is 6.01 Å². The third kappa shape index (κ3) is 3.69. The van der Waals surface area contributed by atoms with E-state index >= 15 is 0 Å². The standard InChI is InChI=1S/C11H20N6O/c1-3-18-11-15-9(12)14-10(16-11)13-6-7-17(2)8-4-5-8/h8H,3-7H2,1-2H3,(H3,12,13,14,15,16). The Morgan fingerprint density at radius 1 is 1.39 bits per heavy atom. The van der Waals surface area contributed by atoms with E-state index in [0.717, 1.165) is 19.1 Å². The highest BCUT2D eigenvalue weighted by molar-refractivity contribution is 5.32. The summed E-state index contributed by atoms with van der Waals surface area (Å²) < 4.78 is 5.21. The van der Waals surface area contributed by atoms with E-state index in [9.17, 15) is 0 Å². The van der Waals surface area contributed by atoms with Crippen molar-refractivity contribution < 1.29 is 4.74 Å². The molecule has 0 bridgehead atoms. The van der Waals surface area contributed by atoms with Gasteiger partial charge < -0.3 is 20.7 Å². The normalized spacial score (nSPS) is 14.8. The molecule has 0 spiro atoms. The van der Waals surface area contributed by atoms with Gasteiger partial charge in [0, 0.05) is 19.1 Å². The molecule has 7 heteroatoms. The molecule has 1 aliphatic carbocycles. The number of nitrogens with one attached hydrogen (secondary N) is 1. The third-order valence-corrected chi connectivity index (χ3v) is 2.82. The summed E-state index contributed by atoms with van der Waals surface area (Å²) in [5.74, 6) is 0.640. The second-order valence-electron chi connectivity index (χ2n) is 4.37. The van der Waals surface area contributed by atoms with Gasteiger partial charge in [0.05, 0.1) is 6.61 Å². The summed E-state index contributed by atoms with van der Waals surface area (Å²) >= 11 is 0. The molecule has 0 atom stereocenters. The number of nitrogens with two attached hydrogens (primary N) is 1. The highest BCUT2D eigenvalue weighted by Gasteiger charge is 2.25. The number of likely N-dealkylation sites (N-methyl/N-ethyl adjacent to an activating group) is 1. The van der Waals surface area contributed by atoms with Crippen LogP contribution in [0.15, 0.2) is 0 Å². The minimum absolute atomic E-state index is 0.173. The van der Waals surface area contributed by atoms with Crippen LogP contribution in [0.2, 0.25) is 0 Å². The first kappa shape index (κ1) is 12.8. The van der Waals surface area contributed by atoms with E-state index in [1.807, 2.05) is 6.92 Å². The van der Waals surface area contributed by atoms with Crippen molar-refractivity contribution in [2.45, 2.75) is 25.8 Å². The fourth-order valence-electron chi connectivity index (χ4n) is 1.69. The highest BCUT2D eigenvalue weighted by atomic mass is 16.5.